The first-order valence-corrected chi connectivity index (χ1v) is 11.1. The Kier molecular flexibility index (Phi) is 8.34. The molecule has 5 heteroatoms. The van der Waals surface area contributed by atoms with E-state index in [2.05, 4.69) is 21.6 Å². The summed E-state index contributed by atoms with van der Waals surface area (Å²) in [7, 11) is 0. The molecule has 2 aliphatic rings. The quantitative estimate of drug-likeness (QED) is 0.471. The number of nitrogens with zero attached hydrogens (tertiary/aromatic N) is 1. The second-order valence-corrected chi connectivity index (χ2v) is 8.23. The highest BCUT2D eigenvalue weighted by atomic mass is 16.2. The lowest BCUT2D eigenvalue weighted by Gasteiger charge is -2.26. The number of amides is 2. The maximum Gasteiger partial charge on any atom is 0.234 e. The minimum absolute atomic E-state index is 0.161. The van der Waals surface area contributed by atoms with Crippen LogP contribution in [-0.2, 0) is 9.59 Å². The van der Waals surface area contributed by atoms with Gasteiger partial charge in [0.25, 0.3) is 0 Å². The molecule has 2 N–H and O–H groups in total. The van der Waals surface area contributed by atoms with E-state index in [4.69, 9.17) is 0 Å². The molecule has 5 nitrogen and oxygen atoms in total. The zero-order valence-corrected chi connectivity index (χ0v) is 17.0. The molecule has 0 bridgehead atoms. The number of nitrogens with one attached hydrogen (secondary N) is 2. The van der Waals surface area contributed by atoms with Gasteiger partial charge < -0.3 is 10.2 Å². The number of imide groups is 1. The highest BCUT2D eigenvalue weighted by Gasteiger charge is 2.27. The SMILES string of the molecule is O=C1CCC(c2cccc(NCCCCCCCN3CCCCC3)c2)C(=O)N1. The van der Waals surface area contributed by atoms with Gasteiger partial charge in [0.2, 0.25) is 11.8 Å². The number of benzene rings is 1. The van der Waals surface area contributed by atoms with E-state index in [0.717, 1.165) is 17.8 Å². The van der Waals surface area contributed by atoms with E-state index in [9.17, 15) is 9.59 Å². The standard InChI is InChI=1S/C23H35N3O2/c27-22-13-12-21(23(28)25-22)19-10-9-11-20(18-19)24-14-5-2-1-3-6-15-26-16-7-4-8-17-26/h9-11,18,21,24H,1-8,12-17H2,(H,25,27,28). The van der Waals surface area contributed by atoms with Crippen molar-refractivity contribution < 1.29 is 9.59 Å². The molecule has 154 valence electrons. The molecular formula is C23H35N3O2. The van der Waals surface area contributed by atoms with E-state index < -0.39 is 0 Å². The Balaban J connectivity index is 1.29. The van der Waals surface area contributed by atoms with Crippen LogP contribution in [0.15, 0.2) is 24.3 Å². The van der Waals surface area contributed by atoms with E-state index in [1.54, 1.807) is 0 Å². The van der Waals surface area contributed by atoms with Crippen molar-refractivity contribution in [3.05, 3.63) is 29.8 Å². The number of hydrogen-bond acceptors (Lipinski definition) is 4. The van der Waals surface area contributed by atoms with Gasteiger partial charge in [-0.1, -0.05) is 37.8 Å². The Morgan fingerprint density at radius 2 is 1.79 bits per heavy atom. The Hall–Kier alpha value is -1.88. The number of rotatable bonds is 10. The summed E-state index contributed by atoms with van der Waals surface area (Å²) in [6, 6.07) is 8.07. The normalized spacial score (nSPS) is 20.8. The van der Waals surface area contributed by atoms with Gasteiger partial charge in [0, 0.05) is 18.7 Å². The molecule has 0 aromatic heterocycles. The molecule has 1 aromatic rings. The van der Waals surface area contributed by atoms with Crippen LogP contribution in [0.2, 0.25) is 0 Å². The highest BCUT2D eigenvalue weighted by Crippen LogP contribution is 2.26. The predicted molar refractivity (Wildman–Crippen MR) is 113 cm³/mol. The summed E-state index contributed by atoms with van der Waals surface area (Å²) >= 11 is 0. The fourth-order valence-corrected chi connectivity index (χ4v) is 4.28. The zero-order valence-electron chi connectivity index (χ0n) is 17.0. The molecule has 0 radical (unpaired) electrons. The molecule has 1 aromatic carbocycles. The number of anilines is 1. The van der Waals surface area contributed by atoms with Gasteiger partial charge in [0.15, 0.2) is 0 Å². The molecule has 2 fully saturated rings. The number of carbonyl (C=O) groups is 2. The summed E-state index contributed by atoms with van der Waals surface area (Å²) < 4.78 is 0. The lowest BCUT2D eigenvalue weighted by molar-refractivity contribution is -0.134. The van der Waals surface area contributed by atoms with Gasteiger partial charge in [0.1, 0.15) is 0 Å². The molecule has 0 saturated carbocycles. The van der Waals surface area contributed by atoms with Crippen molar-refractivity contribution in [1.82, 2.24) is 10.2 Å². The summed E-state index contributed by atoms with van der Waals surface area (Å²) in [6.07, 6.45) is 11.6. The average molecular weight is 386 g/mol. The van der Waals surface area contributed by atoms with Crippen LogP contribution in [0.1, 0.15) is 75.7 Å². The number of piperidine rings is 2. The lowest BCUT2D eigenvalue weighted by atomic mass is 9.90. The molecule has 2 amide bonds. The summed E-state index contributed by atoms with van der Waals surface area (Å²) in [5.74, 6) is -0.538. The van der Waals surface area contributed by atoms with Crippen LogP contribution in [0, 0.1) is 0 Å². The van der Waals surface area contributed by atoms with Crippen LogP contribution < -0.4 is 10.6 Å². The first-order valence-electron chi connectivity index (χ1n) is 11.1. The molecule has 1 atom stereocenters. The first-order chi connectivity index (χ1) is 13.7. The topological polar surface area (TPSA) is 61.4 Å². The first kappa shape index (κ1) is 20.8. The van der Waals surface area contributed by atoms with Gasteiger partial charge in [-0.2, -0.15) is 0 Å². The number of carbonyl (C=O) groups excluding carboxylic acids is 2. The monoisotopic (exact) mass is 385 g/mol. The van der Waals surface area contributed by atoms with Crippen molar-refractivity contribution in [3.63, 3.8) is 0 Å². The zero-order chi connectivity index (χ0) is 19.6. The summed E-state index contributed by atoms with van der Waals surface area (Å²) in [5, 5.41) is 5.93. The lowest BCUT2D eigenvalue weighted by Crippen LogP contribution is -2.39. The highest BCUT2D eigenvalue weighted by molar-refractivity contribution is 6.01. The van der Waals surface area contributed by atoms with Crippen molar-refractivity contribution in [1.29, 1.82) is 0 Å². The van der Waals surface area contributed by atoms with E-state index in [1.807, 2.05) is 18.2 Å². The fraction of sp³-hybridized carbons (Fsp3) is 0.652. The van der Waals surface area contributed by atoms with Crippen LogP contribution in [0.5, 0.6) is 0 Å². The molecule has 2 aliphatic heterocycles. The second-order valence-electron chi connectivity index (χ2n) is 8.23. The third-order valence-electron chi connectivity index (χ3n) is 5.96. The Morgan fingerprint density at radius 1 is 1.00 bits per heavy atom. The van der Waals surface area contributed by atoms with Crippen LogP contribution in [0.3, 0.4) is 0 Å². The summed E-state index contributed by atoms with van der Waals surface area (Å²) in [4.78, 5) is 26.0. The molecule has 3 rings (SSSR count). The van der Waals surface area contributed by atoms with Crippen LogP contribution >= 0.6 is 0 Å². The van der Waals surface area contributed by atoms with Crippen molar-refractivity contribution in [2.75, 3.05) is 31.5 Å². The van der Waals surface area contributed by atoms with Crippen molar-refractivity contribution in [2.24, 2.45) is 0 Å². The van der Waals surface area contributed by atoms with Gasteiger partial charge in [-0.25, -0.2) is 0 Å². The van der Waals surface area contributed by atoms with Gasteiger partial charge in [0.05, 0.1) is 5.92 Å². The predicted octanol–water partition coefficient (Wildman–Crippen LogP) is 4.06. The second kappa shape index (κ2) is 11.2. The molecule has 0 spiro atoms. The van der Waals surface area contributed by atoms with Crippen molar-refractivity contribution in [2.45, 2.75) is 70.1 Å². The Morgan fingerprint density at radius 3 is 2.61 bits per heavy atom. The van der Waals surface area contributed by atoms with Gasteiger partial charge >= 0.3 is 0 Å². The maximum atomic E-state index is 12.0. The molecule has 0 aliphatic carbocycles. The van der Waals surface area contributed by atoms with E-state index >= 15 is 0 Å². The average Bonchev–Trinajstić information content (AvgIpc) is 2.71. The van der Waals surface area contributed by atoms with Crippen molar-refractivity contribution in [3.8, 4) is 0 Å². The van der Waals surface area contributed by atoms with Gasteiger partial charge in [-0.3, -0.25) is 14.9 Å². The van der Waals surface area contributed by atoms with E-state index in [0.29, 0.717) is 12.8 Å². The van der Waals surface area contributed by atoms with Gasteiger partial charge in [-0.15, -0.1) is 0 Å². The van der Waals surface area contributed by atoms with E-state index in [1.165, 1.54) is 71.0 Å². The fourth-order valence-electron chi connectivity index (χ4n) is 4.28. The third kappa shape index (κ3) is 6.62. The largest absolute Gasteiger partial charge is 0.385 e. The molecule has 28 heavy (non-hydrogen) atoms. The Labute approximate surface area is 169 Å². The molecule has 1 unspecified atom stereocenters. The smallest absolute Gasteiger partial charge is 0.234 e. The Bertz CT molecular complexity index is 640. The molecule has 2 heterocycles. The van der Waals surface area contributed by atoms with Crippen LogP contribution in [-0.4, -0.2) is 42.9 Å². The summed E-state index contributed by atoms with van der Waals surface area (Å²) in [5.41, 5.74) is 2.06. The minimum atomic E-state index is -0.209. The number of likely N-dealkylation sites (tertiary alicyclic amines) is 1. The molecule has 2 saturated heterocycles. The minimum Gasteiger partial charge on any atom is -0.385 e. The maximum absolute atomic E-state index is 12.0. The van der Waals surface area contributed by atoms with Crippen LogP contribution in [0.4, 0.5) is 5.69 Å². The summed E-state index contributed by atoms with van der Waals surface area (Å²) in [6.45, 7) is 4.86. The van der Waals surface area contributed by atoms with Crippen LogP contribution in [0.25, 0.3) is 0 Å². The number of hydrogen-bond donors (Lipinski definition) is 2. The van der Waals surface area contributed by atoms with Gasteiger partial charge in [-0.05, 0) is 69.4 Å². The van der Waals surface area contributed by atoms with E-state index in [-0.39, 0.29) is 17.7 Å². The number of unbranched alkanes of at least 4 members (excludes halogenated alkanes) is 4. The van der Waals surface area contributed by atoms with Crippen molar-refractivity contribution >= 4 is 17.5 Å². The molecular weight excluding hydrogens is 350 g/mol. The third-order valence-corrected chi connectivity index (χ3v) is 5.96.